The van der Waals surface area contributed by atoms with Gasteiger partial charge in [-0.25, -0.2) is 9.78 Å². The SMILES string of the molecule is CCCC(=O)N(Cc1cnc(C(Cc2ccccc2Cl)C(C)S)[nH]1)[C@@H](Cc1ccccc1)C(=O)O. The van der Waals surface area contributed by atoms with Crippen molar-refractivity contribution in [1.82, 2.24) is 14.9 Å². The Morgan fingerprint density at radius 3 is 2.43 bits per heavy atom. The summed E-state index contributed by atoms with van der Waals surface area (Å²) in [4.78, 5) is 34.6. The van der Waals surface area contributed by atoms with Crippen molar-refractivity contribution in [3.8, 4) is 0 Å². The molecule has 0 saturated carbocycles. The Kier molecular flexibility index (Phi) is 9.81. The zero-order chi connectivity index (χ0) is 25.4. The van der Waals surface area contributed by atoms with Crippen molar-refractivity contribution in [2.75, 3.05) is 0 Å². The van der Waals surface area contributed by atoms with Gasteiger partial charge in [0.15, 0.2) is 0 Å². The number of thiol groups is 1. The van der Waals surface area contributed by atoms with Crippen LogP contribution in [0.1, 0.15) is 55.3 Å². The highest BCUT2D eigenvalue weighted by molar-refractivity contribution is 7.81. The van der Waals surface area contributed by atoms with Gasteiger partial charge in [0.05, 0.1) is 18.4 Å². The fraction of sp³-hybridized carbons (Fsp3) is 0.370. The largest absolute Gasteiger partial charge is 0.480 e. The number of aromatic amines is 1. The molecule has 1 aromatic heterocycles. The lowest BCUT2D eigenvalue weighted by atomic mass is 9.96. The molecule has 3 rings (SSSR count). The smallest absolute Gasteiger partial charge is 0.326 e. The molecule has 0 spiro atoms. The van der Waals surface area contributed by atoms with E-state index in [9.17, 15) is 14.7 Å². The average molecular weight is 514 g/mol. The van der Waals surface area contributed by atoms with E-state index >= 15 is 0 Å². The highest BCUT2D eigenvalue weighted by Gasteiger charge is 2.30. The van der Waals surface area contributed by atoms with Crippen LogP contribution in [0.15, 0.2) is 60.8 Å². The third-order valence-electron chi connectivity index (χ3n) is 6.04. The second kappa shape index (κ2) is 12.8. The number of carboxylic acid groups (broad SMARTS) is 1. The molecule has 0 radical (unpaired) electrons. The van der Waals surface area contributed by atoms with Crippen molar-refractivity contribution in [3.63, 3.8) is 0 Å². The van der Waals surface area contributed by atoms with Gasteiger partial charge >= 0.3 is 5.97 Å². The zero-order valence-corrected chi connectivity index (χ0v) is 21.7. The number of aromatic nitrogens is 2. The monoisotopic (exact) mass is 513 g/mol. The van der Waals surface area contributed by atoms with Crippen molar-refractivity contribution in [2.24, 2.45) is 0 Å². The number of H-pyrrole nitrogens is 1. The van der Waals surface area contributed by atoms with Crippen LogP contribution in [0.25, 0.3) is 0 Å². The van der Waals surface area contributed by atoms with E-state index < -0.39 is 12.0 Å². The molecule has 3 aromatic rings. The Bertz CT molecular complexity index is 1120. The summed E-state index contributed by atoms with van der Waals surface area (Å²) in [6, 6.07) is 16.1. The van der Waals surface area contributed by atoms with E-state index in [2.05, 4.69) is 22.6 Å². The third-order valence-corrected chi connectivity index (χ3v) is 6.77. The van der Waals surface area contributed by atoms with Gasteiger partial charge in [-0.15, -0.1) is 0 Å². The van der Waals surface area contributed by atoms with Crippen molar-refractivity contribution in [2.45, 2.75) is 63.3 Å². The summed E-state index contributed by atoms with van der Waals surface area (Å²) < 4.78 is 0. The maximum Gasteiger partial charge on any atom is 0.326 e. The van der Waals surface area contributed by atoms with Gasteiger partial charge < -0.3 is 15.0 Å². The van der Waals surface area contributed by atoms with Crippen molar-refractivity contribution in [3.05, 3.63) is 88.5 Å². The van der Waals surface area contributed by atoms with Gasteiger partial charge in [-0.05, 0) is 30.0 Å². The summed E-state index contributed by atoms with van der Waals surface area (Å²) >= 11 is 11.1. The molecule has 0 saturated heterocycles. The van der Waals surface area contributed by atoms with Gasteiger partial charge in [-0.3, -0.25) is 4.79 Å². The summed E-state index contributed by atoms with van der Waals surface area (Å²) in [7, 11) is 0. The minimum absolute atomic E-state index is 0.00653. The standard InChI is InChI=1S/C27H32ClN3O3S/c1-3-9-25(32)31(24(27(33)34)14-19-10-5-4-6-11-19)17-21-16-29-26(30-21)22(18(2)35)15-20-12-7-8-13-23(20)28/h4-8,10-13,16,18,22,24,35H,3,9,14-15,17H2,1-2H3,(H,29,30)(H,33,34)/t18?,22?,24-/m0/s1. The number of rotatable bonds is 12. The molecule has 2 N–H and O–H groups in total. The first kappa shape index (κ1) is 26.8. The third kappa shape index (κ3) is 7.36. The predicted octanol–water partition coefficient (Wildman–Crippen LogP) is 5.53. The van der Waals surface area contributed by atoms with Gasteiger partial charge in [0.1, 0.15) is 11.9 Å². The van der Waals surface area contributed by atoms with Crippen LogP contribution in [0.4, 0.5) is 0 Å². The number of carboxylic acids is 1. The molecule has 0 aliphatic heterocycles. The van der Waals surface area contributed by atoms with E-state index in [0.29, 0.717) is 23.6 Å². The maximum absolute atomic E-state index is 13.0. The number of carbonyl (C=O) groups excluding carboxylic acids is 1. The molecule has 186 valence electrons. The number of imidazole rings is 1. The van der Waals surface area contributed by atoms with Crippen LogP contribution in [0.2, 0.25) is 5.02 Å². The number of halogens is 1. The van der Waals surface area contributed by atoms with E-state index in [1.54, 1.807) is 6.20 Å². The summed E-state index contributed by atoms with van der Waals surface area (Å²) in [5.41, 5.74) is 2.55. The van der Waals surface area contributed by atoms with Crippen LogP contribution in [-0.4, -0.2) is 43.1 Å². The molecule has 0 fully saturated rings. The molecule has 8 heteroatoms. The Morgan fingerprint density at radius 1 is 1.11 bits per heavy atom. The minimum Gasteiger partial charge on any atom is -0.480 e. The molecule has 2 aromatic carbocycles. The molecular formula is C27H32ClN3O3S. The van der Waals surface area contributed by atoms with Gasteiger partial charge in [0, 0.05) is 29.0 Å². The zero-order valence-electron chi connectivity index (χ0n) is 20.0. The number of nitrogens with zero attached hydrogens (tertiary/aromatic N) is 2. The lowest BCUT2D eigenvalue weighted by Crippen LogP contribution is -2.46. The van der Waals surface area contributed by atoms with Gasteiger partial charge in [0.2, 0.25) is 5.91 Å². The van der Waals surface area contributed by atoms with E-state index in [0.717, 1.165) is 17.0 Å². The number of amides is 1. The molecule has 1 amide bonds. The van der Waals surface area contributed by atoms with E-state index in [1.807, 2.05) is 68.4 Å². The predicted molar refractivity (Wildman–Crippen MR) is 142 cm³/mol. The Morgan fingerprint density at radius 2 is 1.80 bits per heavy atom. The Balaban J connectivity index is 1.85. The van der Waals surface area contributed by atoms with E-state index in [4.69, 9.17) is 11.6 Å². The molecule has 35 heavy (non-hydrogen) atoms. The summed E-state index contributed by atoms with van der Waals surface area (Å²) in [5.74, 6) is -0.521. The summed E-state index contributed by atoms with van der Waals surface area (Å²) in [6.45, 7) is 4.05. The fourth-order valence-corrected chi connectivity index (χ4v) is 4.58. The number of aliphatic carboxylic acids is 1. The quantitative estimate of drug-likeness (QED) is 0.278. The van der Waals surface area contributed by atoms with E-state index in [1.165, 1.54) is 4.90 Å². The molecular weight excluding hydrogens is 482 g/mol. The molecule has 2 unspecified atom stereocenters. The number of benzene rings is 2. The number of nitrogens with one attached hydrogen (secondary N) is 1. The van der Waals surface area contributed by atoms with Crippen LogP contribution in [-0.2, 0) is 29.0 Å². The molecule has 1 heterocycles. The average Bonchev–Trinajstić information content (AvgIpc) is 3.29. The van der Waals surface area contributed by atoms with Crippen LogP contribution < -0.4 is 0 Å². The molecule has 3 atom stereocenters. The maximum atomic E-state index is 13.0. The number of hydrogen-bond acceptors (Lipinski definition) is 4. The topological polar surface area (TPSA) is 86.3 Å². The second-order valence-electron chi connectivity index (χ2n) is 8.75. The van der Waals surface area contributed by atoms with Crippen LogP contribution in [0, 0.1) is 0 Å². The number of carbonyl (C=O) groups is 2. The second-order valence-corrected chi connectivity index (χ2v) is 9.97. The summed E-state index contributed by atoms with van der Waals surface area (Å²) in [5, 5.41) is 10.7. The van der Waals surface area contributed by atoms with Crippen molar-refractivity contribution in [1.29, 1.82) is 0 Å². The van der Waals surface area contributed by atoms with Gasteiger partial charge in [-0.1, -0.05) is 74.0 Å². The van der Waals surface area contributed by atoms with Crippen molar-refractivity contribution >= 4 is 36.1 Å². The highest BCUT2D eigenvalue weighted by atomic mass is 35.5. The molecule has 0 aliphatic rings. The normalized spacial score (nSPS) is 13.7. The first-order valence-corrected chi connectivity index (χ1v) is 12.7. The lowest BCUT2D eigenvalue weighted by molar-refractivity contribution is -0.150. The molecule has 0 bridgehead atoms. The van der Waals surface area contributed by atoms with E-state index in [-0.39, 0.29) is 36.5 Å². The Hall–Kier alpha value is -2.77. The van der Waals surface area contributed by atoms with Crippen LogP contribution >= 0.6 is 24.2 Å². The fourth-order valence-electron chi connectivity index (χ4n) is 4.12. The number of hydrogen-bond donors (Lipinski definition) is 3. The minimum atomic E-state index is -1.03. The van der Waals surface area contributed by atoms with Gasteiger partial charge in [0.25, 0.3) is 0 Å². The highest BCUT2D eigenvalue weighted by Crippen LogP contribution is 2.29. The summed E-state index contributed by atoms with van der Waals surface area (Å²) in [6.07, 6.45) is 3.48. The van der Waals surface area contributed by atoms with Gasteiger partial charge in [-0.2, -0.15) is 12.6 Å². The molecule has 0 aliphatic carbocycles. The first-order chi connectivity index (χ1) is 16.8. The van der Waals surface area contributed by atoms with Crippen LogP contribution in [0.3, 0.4) is 0 Å². The Labute approximate surface area is 217 Å². The van der Waals surface area contributed by atoms with Crippen LogP contribution in [0.5, 0.6) is 0 Å². The first-order valence-electron chi connectivity index (χ1n) is 11.8. The molecule has 6 nitrogen and oxygen atoms in total. The van der Waals surface area contributed by atoms with Crippen molar-refractivity contribution < 1.29 is 14.7 Å². The lowest BCUT2D eigenvalue weighted by Gasteiger charge is -2.29.